The summed E-state index contributed by atoms with van der Waals surface area (Å²) < 4.78 is 2.70. The highest BCUT2D eigenvalue weighted by Crippen LogP contribution is 2.45. The van der Waals surface area contributed by atoms with E-state index in [0.717, 1.165) is 4.47 Å². The minimum atomic E-state index is -1.27. The van der Waals surface area contributed by atoms with Gasteiger partial charge >= 0.3 is 6.03 Å². The summed E-state index contributed by atoms with van der Waals surface area (Å²) in [5, 5.41) is 16.4. The highest BCUT2D eigenvalue weighted by atomic mass is 79.9. The quantitative estimate of drug-likeness (QED) is 0.622. The van der Waals surface area contributed by atoms with Crippen LogP contribution in [-0.4, -0.2) is 51.4 Å². The van der Waals surface area contributed by atoms with Crippen LogP contribution in [0.3, 0.4) is 0 Å². The van der Waals surface area contributed by atoms with Crippen LogP contribution in [-0.2, 0) is 0 Å². The predicted octanol–water partition coefficient (Wildman–Crippen LogP) is 0.0196. The Kier molecular flexibility index (Phi) is 2.17. The fourth-order valence-corrected chi connectivity index (χ4v) is 4.04. The van der Waals surface area contributed by atoms with Crippen molar-refractivity contribution < 1.29 is 14.7 Å². The van der Waals surface area contributed by atoms with Crippen LogP contribution in [0.25, 0.3) is 0 Å². The largest absolute Gasteiger partial charge is 0.368 e. The molecule has 4 atom stereocenters. The molecule has 1 saturated heterocycles. The maximum Gasteiger partial charge on any atom is 0.319 e. The van der Waals surface area contributed by atoms with E-state index >= 15 is 0 Å². The SMILES string of the molecule is CN1C(=O)N[C@H]2[C@@H]3NC(=O)c4cc(Br)cn4[C@@H]3C[C@]21O. The van der Waals surface area contributed by atoms with E-state index in [4.69, 9.17) is 0 Å². The van der Waals surface area contributed by atoms with Crippen molar-refractivity contribution in [2.75, 3.05) is 7.05 Å². The minimum absolute atomic E-state index is 0.0768. The Morgan fingerprint density at radius 3 is 2.95 bits per heavy atom. The number of nitrogens with one attached hydrogen (secondary N) is 2. The fraction of sp³-hybridized carbons (Fsp3) is 0.500. The average Bonchev–Trinajstić information content (AvgIpc) is 2.96. The Labute approximate surface area is 123 Å². The molecule has 0 aromatic carbocycles. The lowest BCUT2D eigenvalue weighted by Gasteiger charge is -2.31. The van der Waals surface area contributed by atoms with E-state index < -0.39 is 11.8 Å². The fourth-order valence-electron chi connectivity index (χ4n) is 3.61. The summed E-state index contributed by atoms with van der Waals surface area (Å²) in [6.45, 7) is 0. The van der Waals surface area contributed by atoms with Crippen LogP contribution in [0.2, 0.25) is 0 Å². The maximum absolute atomic E-state index is 12.1. The Morgan fingerprint density at radius 1 is 1.45 bits per heavy atom. The number of likely N-dealkylation sites (N-methyl/N-ethyl adjacent to an activating group) is 1. The van der Waals surface area contributed by atoms with Gasteiger partial charge in [0.1, 0.15) is 11.7 Å². The summed E-state index contributed by atoms with van der Waals surface area (Å²) in [5.41, 5.74) is -0.700. The van der Waals surface area contributed by atoms with E-state index in [2.05, 4.69) is 26.6 Å². The number of aromatic nitrogens is 1. The van der Waals surface area contributed by atoms with Gasteiger partial charge in [-0.1, -0.05) is 0 Å². The molecule has 3 aliphatic rings. The molecule has 0 bridgehead atoms. The standard InChI is InChI=1S/C12H13BrN4O3/c1-16-11(19)15-9-8-7(3-12(9,16)20)17-4-5(13)2-6(17)10(18)14-8/h2,4,7-9,20H,3H2,1H3,(H,14,18)(H,15,19)/t7-,8-,9+,12+/m1/s1. The second-order valence-electron chi connectivity index (χ2n) is 5.59. The zero-order valence-corrected chi connectivity index (χ0v) is 12.2. The van der Waals surface area contributed by atoms with Crippen molar-refractivity contribution in [2.45, 2.75) is 30.3 Å². The van der Waals surface area contributed by atoms with Gasteiger partial charge in [-0.05, 0) is 22.0 Å². The van der Waals surface area contributed by atoms with Crippen LogP contribution in [0.4, 0.5) is 4.79 Å². The lowest BCUT2D eigenvalue weighted by atomic mass is 10.1. The van der Waals surface area contributed by atoms with Crippen molar-refractivity contribution in [1.29, 1.82) is 0 Å². The van der Waals surface area contributed by atoms with Crippen molar-refractivity contribution in [3.8, 4) is 0 Å². The van der Waals surface area contributed by atoms with E-state index in [9.17, 15) is 14.7 Å². The van der Waals surface area contributed by atoms with Gasteiger partial charge in [-0.15, -0.1) is 0 Å². The summed E-state index contributed by atoms with van der Waals surface area (Å²) in [5.74, 6) is -0.190. The highest BCUT2D eigenvalue weighted by molar-refractivity contribution is 9.10. The molecule has 106 valence electrons. The number of urea groups is 1. The van der Waals surface area contributed by atoms with Gasteiger partial charge in [0.05, 0.1) is 12.1 Å². The zero-order valence-electron chi connectivity index (χ0n) is 10.6. The van der Waals surface area contributed by atoms with Gasteiger partial charge in [-0.25, -0.2) is 4.79 Å². The molecule has 0 unspecified atom stereocenters. The summed E-state index contributed by atoms with van der Waals surface area (Å²) in [6.07, 6.45) is 2.23. The highest BCUT2D eigenvalue weighted by Gasteiger charge is 2.63. The lowest BCUT2D eigenvalue weighted by Crippen LogP contribution is -2.56. The van der Waals surface area contributed by atoms with E-state index in [1.165, 1.54) is 4.90 Å². The normalized spacial score (nSPS) is 38.1. The molecule has 2 fully saturated rings. The zero-order chi connectivity index (χ0) is 14.2. The van der Waals surface area contributed by atoms with Crippen LogP contribution in [0.5, 0.6) is 0 Å². The first-order valence-electron chi connectivity index (χ1n) is 6.37. The van der Waals surface area contributed by atoms with E-state index in [-0.39, 0.29) is 24.0 Å². The number of halogens is 1. The molecule has 3 heterocycles. The van der Waals surface area contributed by atoms with Crippen molar-refractivity contribution in [3.05, 3.63) is 22.4 Å². The van der Waals surface area contributed by atoms with Gasteiger partial charge in [-0.2, -0.15) is 0 Å². The predicted molar refractivity (Wildman–Crippen MR) is 72.1 cm³/mol. The first-order chi connectivity index (χ1) is 9.41. The van der Waals surface area contributed by atoms with Crippen LogP contribution in [0, 0.1) is 0 Å². The number of aliphatic hydroxyl groups is 1. The number of nitrogens with zero attached hydrogens (tertiary/aromatic N) is 2. The molecule has 1 aromatic heterocycles. The molecule has 2 aliphatic heterocycles. The molecule has 3 N–H and O–H groups in total. The minimum Gasteiger partial charge on any atom is -0.368 e. The summed E-state index contributed by atoms with van der Waals surface area (Å²) >= 11 is 3.37. The first-order valence-corrected chi connectivity index (χ1v) is 7.16. The van der Waals surface area contributed by atoms with Gasteiger partial charge in [0.15, 0.2) is 5.72 Å². The number of carbonyl (C=O) groups is 2. The van der Waals surface area contributed by atoms with Crippen LogP contribution < -0.4 is 10.6 Å². The number of amides is 3. The molecule has 0 spiro atoms. The monoisotopic (exact) mass is 340 g/mol. The Hall–Kier alpha value is -1.54. The Balaban J connectivity index is 1.81. The van der Waals surface area contributed by atoms with E-state index in [1.54, 1.807) is 13.1 Å². The van der Waals surface area contributed by atoms with Gasteiger partial charge in [0, 0.05) is 24.1 Å². The van der Waals surface area contributed by atoms with Crippen molar-refractivity contribution >= 4 is 27.9 Å². The summed E-state index contributed by atoms with van der Waals surface area (Å²) in [6, 6.07) is 0.555. The number of carbonyl (C=O) groups excluding carboxylic acids is 2. The third-order valence-electron chi connectivity index (χ3n) is 4.65. The topological polar surface area (TPSA) is 86.6 Å². The molecular weight excluding hydrogens is 328 g/mol. The van der Waals surface area contributed by atoms with Crippen molar-refractivity contribution in [2.24, 2.45) is 0 Å². The maximum atomic E-state index is 12.1. The summed E-state index contributed by atoms with van der Waals surface area (Å²) in [4.78, 5) is 25.2. The third-order valence-corrected chi connectivity index (χ3v) is 5.08. The molecule has 1 saturated carbocycles. The van der Waals surface area contributed by atoms with Crippen molar-refractivity contribution in [3.63, 3.8) is 0 Å². The average molecular weight is 341 g/mol. The number of hydrogen-bond donors (Lipinski definition) is 3. The van der Waals surface area contributed by atoms with Gasteiger partial charge in [0.25, 0.3) is 5.91 Å². The molecular formula is C12H13BrN4O3. The molecule has 1 aliphatic carbocycles. The molecule has 7 nitrogen and oxygen atoms in total. The molecule has 1 aromatic rings. The van der Waals surface area contributed by atoms with Crippen molar-refractivity contribution in [1.82, 2.24) is 20.1 Å². The molecule has 4 rings (SSSR count). The molecule has 3 amide bonds. The first kappa shape index (κ1) is 12.2. The third kappa shape index (κ3) is 1.28. The molecule has 8 heteroatoms. The number of hydrogen-bond acceptors (Lipinski definition) is 3. The molecule has 20 heavy (non-hydrogen) atoms. The van der Waals surface area contributed by atoms with Gasteiger partial charge in [0.2, 0.25) is 0 Å². The second kappa shape index (κ2) is 3.56. The van der Waals surface area contributed by atoms with Crippen LogP contribution in [0.1, 0.15) is 23.0 Å². The van der Waals surface area contributed by atoms with Crippen LogP contribution in [0.15, 0.2) is 16.7 Å². The molecule has 0 radical (unpaired) electrons. The lowest BCUT2D eigenvalue weighted by molar-refractivity contribution is -0.0561. The van der Waals surface area contributed by atoms with E-state index in [0.29, 0.717) is 12.1 Å². The van der Waals surface area contributed by atoms with Gasteiger partial charge in [-0.3, -0.25) is 9.69 Å². The smallest absolute Gasteiger partial charge is 0.319 e. The van der Waals surface area contributed by atoms with E-state index in [1.807, 2.05) is 10.8 Å². The summed E-state index contributed by atoms with van der Waals surface area (Å²) in [7, 11) is 1.57. The van der Waals surface area contributed by atoms with Crippen LogP contribution >= 0.6 is 15.9 Å². The Morgan fingerprint density at radius 2 is 2.20 bits per heavy atom. The van der Waals surface area contributed by atoms with Gasteiger partial charge < -0.3 is 20.3 Å². The number of rotatable bonds is 0. The second-order valence-corrected chi connectivity index (χ2v) is 6.50. The Bertz CT molecular complexity index is 645. The number of fused-ring (bicyclic) bond motifs is 5.